The standard InChI is InChI=1S/C20H19N3O6/c1-26-16-6-11(7-17(27-2)19(16)25)18(23-20-21-4-3-5-22-20)12-8-14-15(9-13(12)24)29-10-28-14/h3-9,18,24-25H,10H2,1-2H3,(H,21,22,23). The van der Waals surface area contributed by atoms with Crippen molar-refractivity contribution in [2.24, 2.45) is 0 Å². The summed E-state index contributed by atoms with van der Waals surface area (Å²) < 4.78 is 21.3. The number of anilines is 1. The van der Waals surface area contributed by atoms with E-state index in [1.807, 2.05) is 0 Å². The van der Waals surface area contributed by atoms with Gasteiger partial charge in [-0.2, -0.15) is 0 Å². The summed E-state index contributed by atoms with van der Waals surface area (Å²) in [5, 5.41) is 24.1. The molecule has 9 heteroatoms. The summed E-state index contributed by atoms with van der Waals surface area (Å²) in [4.78, 5) is 8.41. The highest BCUT2D eigenvalue weighted by molar-refractivity contribution is 5.59. The number of hydrogen-bond donors (Lipinski definition) is 3. The Morgan fingerprint density at radius 3 is 2.21 bits per heavy atom. The lowest BCUT2D eigenvalue weighted by molar-refractivity contribution is 0.174. The van der Waals surface area contributed by atoms with E-state index in [0.717, 1.165) is 0 Å². The van der Waals surface area contributed by atoms with Crippen LogP contribution >= 0.6 is 0 Å². The van der Waals surface area contributed by atoms with Crippen LogP contribution in [-0.4, -0.2) is 41.2 Å². The Hall–Kier alpha value is -3.88. The van der Waals surface area contributed by atoms with Gasteiger partial charge < -0.3 is 34.5 Å². The van der Waals surface area contributed by atoms with Crippen LogP contribution in [0.1, 0.15) is 17.2 Å². The molecule has 3 N–H and O–H groups in total. The molecule has 1 atom stereocenters. The average Bonchev–Trinajstić information content (AvgIpc) is 3.20. The molecular weight excluding hydrogens is 378 g/mol. The lowest BCUT2D eigenvalue weighted by Gasteiger charge is -2.22. The summed E-state index contributed by atoms with van der Waals surface area (Å²) in [6, 6.07) is 7.54. The number of methoxy groups -OCH3 is 2. The molecule has 0 saturated heterocycles. The number of phenolic OH excluding ortho intramolecular Hbond substituents is 2. The normalized spacial score (nSPS) is 13.0. The number of aromatic nitrogens is 2. The molecule has 0 fully saturated rings. The van der Waals surface area contributed by atoms with Crippen molar-refractivity contribution in [1.82, 2.24) is 9.97 Å². The second kappa shape index (κ2) is 7.63. The molecule has 2 heterocycles. The Morgan fingerprint density at radius 1 is 0.966 bits per heavy atom. The van der Waals surface area contributed by atoms with Crippen LogP contribution < -0.4 is 24.3 Å². The maximum absolute atomic E-state index is 10.7. The van der Waals surface area contributed by atoms with Crippen molar-refractivity contribution in [1.29, 1.82) is 0 Å². The van der Waals surface area contributed by atoms with Gasteiger partial charge in [-0.3, -0.25) is 0 Å². The van der Waals surface area contributed by atoms with E-state index in [0.29, 0.717) is 28.6 Å². The third-order valence-electron chi connectivity index (χ3n) is 4.51. The highest BCUT2D eigenvalue weighted by Crippen LogP contribution is 2.45. The van der Waals surface area contributed by atoms with Gasteiger partial charge in [-0.1, -0.05) is 0 Å². The van der Waals surface area contributed by atoms with Crippen molar-refractivity contribution in [3.8, 4) is 34.5 Å². The van der Waals surface area contributed by atoms with E-state index >= 15 is 0 Å². The minimum absolute atomic E-state index is 0.00584. The maximum Gasteiger partial charge on any atom is 0.231 e. The molecule has 3 aromatic rings. The number of nitrogens with one attached hydrogen (secondary N) is 1. The maximum atomic E-state index is 10.7. The number of benzene rings is 2. The number of phenols is 2. The molecule has 150 valence electrons. The Labute approximate surface area is 166 Å². The van der Waals surface area contributed by atoms with Crippen LogP contribution in [0.4, 0.5) is 5.95 Å². The Bertz CT molecular complexity index is 1000. The lowest BCUT2D eigenvalue weighted by Crippen LogP contribution is -2.15. The second-order valence-corrected chi connectivity index (χ2v) is 6.19. The molecule has 0 aliphatic carbocycles. The molecule has 0 saturated carbocycles. The highest BCUT2D eigenvalue weighted by atomic mass is 16.7. The van der Waals surface area contributed by atoms with E-state index < -0.39 is 6.04 Å². The highest BCUT2D eigenvalue weighted by Gasteiger charge is 2.26. The monoisotopic (exact) mass is 397 g/mol. The first-order chi connectivity index (χ1) is 14.1. The van der Waals surface area contributed by atoms with Crippen LogP contribution in [0.5, 0.6) is 34.5 Å². The van der Waals surface area contributed by atoms with Gasteiger partial charge in [0.25, 0.3) is 0 Å². The van der Waals surface area contributed by atoms with Crippen molar-refractivity contribution in [2.75, 3.05) is 26.3 Å². The van der Waals surface area contributed by atoms with Gasteiger partial charge in [0.2, 0.25) is 18.5 Å². The lowest BCUT2D eigenvalue weighted by atomic mass is 9.96. The number of fused-ring (bicyclic) bond motifs is 1. The van der Waals surface area contributed by atoms with Gasteiger partial charge in [0.05, 0.1) is 20.3 Å². The van der Waals surface area contributed by atoms with Crippen LogP contribution in [0.25, 0.3) is 0 Å². The van der Waals surface area contributed by atoms with E-state index in [2.05, 4.69) is 15.3 Å². The van der Waals surface area contributed by atoms with Crippen LogP contribution in [-0.2, 0) is 0 Å². The summed E-state index contributed by atoms with van der Waals surface area (Å²) in [7, 11) is 2.89. The molecule has 0 spiro atoms. The van der Waals surface area contributed by atoms with E-state index in [1.54, 1.807) is 36.7 Å². The van der Waals surface area contributed by atoms with Crippen molar-refractivity contribution in [2.45, 2.75) is 6.04 Å². The van der Waals surface area contributed by atoms with Crippen molar-refractivity contribution < 1.29 is 29.2 Å². The minimum atomic E-state index is -0.615. The number of nitrogens with zero attached hydrogens (tertiary/aromatic N) is 2. The summed E-state index contributed by atoms with van der Waals surface area (Å²) in [5.41, 5.74) is 1.13. The summed E-state index contributed by atoms with van der Waals surface area (Å²) in [6.07, 6.45) is 3.20. The first kappa shape index (κ1) is 18.5. The molecule has 4 rings (SSSR count). The summed E-state index contributed by atoms with van der Waals surface area (Å²) in [5.74, 6) is 1.64. The van der Waals surface area contributed by atoms with Gasteiger partial charge in [0, 0.05) is 24.0 Å². The van der Waals surface area contributed by atoms with Gasteiger partial charge in [0.1, 0.15) is 5.75 Å². The summed E-state index contributed by atoms with van der Waals surface area (Å²) in [6.45, 7) is 0.0823. The second-order valence-electron chi connectivity index (χ2n) is 6.19. The number of hydrogen-bond acceptors (Lipinski definition) is 9. The van der Waals surface area contributed by atoms with Gasteiger partial charge >= 0.3 is 0 Å². The van der Waals surface area contributed by atoms with Gasteiger partial charge in [-0.05, 0) is 29.8 Å². The molecule has 1 unspecified atom stereocenters. The third kappa shape index (κ3) is 3.49. The Kier molecular flexibility index (Phi) is 4.86. The van der Waals surface area contributed by atoms with Gasteiger partial charge in [0.15, 0.2) is 23.0 Å². The smallest absolute Gasteiger partial charge is 0.231 e. The number of aromatic hydroxyl groups is 2. The predicted octanol–water partition coefficient (Wildman–Crippen LogP) is 2.84. The van der Waals surface area contributed by atoms with Crippen LogP contribution in [0, 0.1) is 0 Å². The molecular formula is C20H19N3O6. The van der Waals surface area contributed by atoms with Crippen molar-refractivity contribution in [3.05, 3.63) is 53.9 Å². The fourth-order valence-electron chi connectivity index (χ4n) is 3.10. The Morgan fingerprint density at radius 2 is 1.59 bits per heavy atom. The zero-order valence-corrected chi connectivity index (χ0v) is 15.7. The number of rotatable bonds is 6. The van der Waals surface area contributed by atoms with Crippen LogP contribution in [0.15, 0.2) is 42.7 Å². The SMILES string of the molecule is COc1cc(C(Nc2ncccn2)c2cc3c(cc2O)OCO3)cc(OC)c1O. The zero-order valence-electron chi connectivity index (χ0n) is 15.7. The summed E-state index contributed by atoms with van der Waals surface area (Å²) >= 11 is 0. The molecule has 2 aromatic carbocycles. The average molecular weight is 397 g/mol. The number of ether oxygens (including phenoxy) is 4. The molecule has 0 bridgehead atoms. The predicted molar refractivity (Wildman–Crippen MR) is 103 cm³/mol. The van der Waals surface area contributed by atoms with E-state index in [4.69, 9.17) is 18.9 Å². The fourth-order valence-corrected chi connectivity index (χ4v) is 3.10. The molecule has 1 aromatic heterocycles. The van der Waals surface area contributed by atoms with Gasteiger partial charge in [-0.15, -0.1) is 0 Å². The quantitative estimate of drug-likeness (QED) is 0.577. The molecule has 9 nitrogen and oxygen atoms in total. The van der Waals surface area contributed by atoms with Gasteiger partial charge in [-0.25, -0.2) is 9.97 Å². The topological polar surface area (TPSA) is 115 Å². The van der Waals surface area contributed by atoms with Crippen LogP contribution in [0.2, 0.25) is 0 Å². The molecule has 1 aliphatic heterocycles. The Balaban J connectivity index is 1.86. The largest absolute Gasteiger partial charge is 0.507 e. The minimum Gasteiger partial charge on any atom is -0.507 e. The van der Waals surface area contributed by atoms with Crippen LogP contribution in [0.3, 0.4) is 0 Å². The zero-order chi connectivity index (χ0) is 20.4. The molecule has 0 amide bonds. The van der Waals surface area contributed by atoms with E-state index in [1.165, 1.54) is 20.3 Å². The fraction of sp³-hybridized carbons (Fsp3) is 0.200. The third-order valence-corrected chi connectivity index (χ3v) is 4.51. The van der Waals surface area contributed by atoms with Crippen molar-refractivity contribution in [3.63, 3.8) is 0 Å². The van der Waals surface area contributed by atoms with Crippen molar-refractivity contribution >= 4 is 5.95 Å². The first-order valence-electron chi connectivity index (χ1n) is 8.71. The molecule has 1 aliphatic rings. The molecule has 0 radical (unpaired) electrons. The van der Waals surface area contributed by atoms with E-state index in [-0.39, 0.29) is 29.8 Å². The molecule has 29 heavy (non-hydrogen) atoms. The first-order valence-corrected chi connectivity index (χ1v) is 8.71. The van der Waals surface area contributed by atoms with E-state index in [9.17, 15) is 10.2 Å².